The van der Waals surface area contributed by atoms with Crippen LogP contribution < -0.4 is 15.2 Å². The molecule has 0 atom stereocenters. The average Bonchev–Trinajstić information content (AvgIpc) is 2.47. The first-order valence-electron chi connectivity index (χ1n) is 6.57. The van der Waals surface area contributed by atoms with E-state index in [0.29, 0.717) is 13.2 Å². The molecule has 2 rings (SSSR count). The molecule has 21 heavy (non-hydrogen) atoms. The van der Waals surface area contributed by atoms with Crippen LogP contribution in [0, 0.1) is 0 Å². The fourth-order valence-corrected chi connectivity index (χ4v) is 3.07. The molecule has 2 aromatic carbocycles. The van der Waals surface area contributed by atoms with Crippen molar-refractivity contribution in [2.45, 2.75) is 13.0 Å². The molecule has 0 saturated heterocycles. The zero-order valence-electron chi connectivity index (χ0n) is 11.7. The molecule has 0 aliphatic heterocycles. The quantitative estimate of drug-likeness (QED) is 0.766. The summed E-state index contributed by atoms with van der Waals surface area (Å²) in [5.74, 6) is 1.63. The number of nitrogens with two attached hydrogens (primary N) is 1. The summed E-state index contributed by atoms with van der Waals surface area (Å²) in [4.78, 5) is 0. The molecule has 0 radical (unpaired) electrons. The van der Waals surface area contributed by atoms with Gasteiger partial charge in [-0.15, -0.1) is 0 Å². The Kier molecular flexibility index (Phi) is 6.08. The summed E-state index contributed by atoms with van der Waals surface area (Å²) < 4.78 is 12.9. The van der Waals surface area contributed by atoms with Gasteiger partial charge in [0.15, 0.2) is 0 Å². The third-order valence-electron chi connectivity index (χ3n) is 3.04. The molecular formula is C16H17Br2NO2. The molecule has 0 spiro atoms. The lowest BCUT2D eigenvalue weighted by molar-refractivity contribution is 0.304. The Morgan fingerprint density at radius 3 is 2.19 bits per heavy atom. The molecule has 0 heterocycles. The van der Waals surface area contributed by atoms with E-state index in [1.807, 2.05) is 36.4 Å². The van der Waals surface area contributed by atoms with Crippen LogP contribution in [0.3, 0.4) is 0 Å². The molecule has 0 bridgehead atoms. The number of hydrogen-bond donors (Lipinski definition) is 1. The summed E-state index contributed by atoms with van der Waals surface area (Å²) in [7, 11) is 1.65. The Labute approximate surface area is 141 Å². The third kappa shape index (κ3) is 4.46. The molecule has 3 nitrogen and oxygen atoms in total. The number of methoxy groups -OCH3 is 1. The normalized spacial score (nSPS) is 10.5. The van der Waals surface area contributed by atoms with Crippen LogP contribution in [-0.2, 0) is 13.0 Å². The first kappa shape index (κ1) is 16.3. The molecule has 0 unspecified atom stereocenters. The van der Waals surface area contributed by atoms with E-state index in [1.54, 1.807) is 7.11 Å². The van der Waals surface area contributed by atoms with E-state index < -0.39 is 0 Å². The maximum atomic E-state index is 5.84. The SMILES string of the molecule is COc1ccc(COc2ccc(CCN)cc2Br)cc1Br. The number of halogens is 2. The van der Waals surface area contributed by atoms with Gasteiger partial charge in [-0.2, -0.15) is 0 Å². The van der Waals surface area contributed by atoms with Gasteiger partial charge < -0.3 is 15.2 Å². The highest BCUT2D eigenvalue weighted by molar-refractivity contribution is 9.10. The van der Waals surface area contributed by atoms with Crippen molar-refractivity contribution in [2.75, 3.05) is 13.7 Å². The van der Waals surface area contributed by atoms with E-state index in [1.165, 1.54) is 5.56 Å². The second-order valence-corrected chi connectivity index (χ2v) is 6.27. The van der Waals surface area contributed by atoms with Crippen molar-refractivity contribution in [2.24, 2.45) is 5.73 Å². The van der Waals surface area contributed by atoms with Gasteiger partial charge in [0.25, 0.3) is 0 Å². The average molecular weight is 415 g/mol. The van der Waals surface area contributed by atoms with Gasteiger partial charge in [0, 0.05) is 0 Å². The van der Waals surface area contributed by atoms with Crippen LogP contribution >= 0.6 is 31.9 Å². The molecule has 2 aromatic rings. The van der Waals surface area contributed by atoms with Crippen molar-refractivity contribution in [3.8, 4) is 11.5 Å². The van der Waals surface area contributed by atoms with Crippen LogP contribution in [0.25, 0.3) is 0 Å². The van der Waals surface area contributed by atoms with Crippen LogP contribution in [0.15, 0.2) is 45.3 Å². The summed E-state index contributed by atoms with van der Waals surface area (Å²) in [5.41, 5.74) is 7.83. The Morgan fingerprint density at radius 2 is 1.57 bits per heavy atom. The van der Waals surface area contributed by atoms with Crippen LogP contribution in [0.5, 0.6) is 11.5 Å². The Morgan fingerprint density at radius 1 is 0.952 bits per heavy atom. The lowest BCUT2D eigenvalue weighted by Gasteiger charge is -2.11. The molecule has 5 heteroatoms. The Balaban J connectivity index is 2.04. The van der Waals surface area contributed by atoms with Crippen molar-refractivity contribution >= 4 is 31.9 Å². The summed E-state index contributed by atoms with van der Waals surface area (Å²) in [6.07, 6.45) is 0.865. The van der Waals surface area contributed by atoms with Gasteiger partial charge in [-0.05, 0) is 80.2 Å². The number of hydrogen-bond acceptors (Lipinski definition) is 3. The molecule has 2 N–H and O–H groups in total. The highest BCUT2D eigenvalue weighted by Crippen LogP contribution is 2.29. The minimum Gasteiger partial charge on any atom is -0.496 e. The minimum atomic E-state index is 0.497. The van der Waals surface area contributed by atoms with Crippen LogP contribution in [0.1, 0.15) is 11.1 Å². The highest BCUT2D eigenvalue weighted by Gasteiger charge is 2.05. The van der Waals surface area contributed by atoms with E-state index in [0.717, 1.165) is 32.4 Å². The zero-order valence-corrected chi connectivity index (χ0v) is 14.9. The predicted molar refractivity (Wildman–Crippen MR) is 91.9 cm³/mol. The fourth-order valence-electron chi connectivity index (χ4n) is 1.94. The monoisotopic (exact) mass is 413 g/mol. The first-order valence-corrected chi connectivity index (χ1v) is 8.16. The summed E-state index contributed by atoms with van der Waals surface area (Å²) in [6, 6.07) is 12.0. The highest BCUT2D eigenvalue weighted by atomic mass is 79.9. The molecular weight excluding hydrogens is 398 g/mol. The fraction of sp³-hybridized carbons (Fsp3) is 0.250. The van der Waals surface area contributed by atoms with Crippen molar-refractivity contribution in [3.63, 3.8) is 0 Å². The maximum Gasteiger partial charge on any atom is 0.134 e. The topological polar surface area (TPSA) is 44.5 Å². The predicted octanol–water partition coefficient (Wildman–Crippen LogP) is 4.30. The van der Waals surface area contributed by atoms with Crippen LogP contribution in [0.4, 0.5) is 0 Å². The summed E-state index contributed by atoms with van der Waals surface area (Å²) in [5, 5.41) is 0. The van der Waals surface area contributed by atoms with Gasteiger partial charge in [0.2, 0.25) is 0 Å². The van der Waals surface area contributed by atoms with Crippen molar-refractivity contribution in [1.29, 1.82) is 0 Å². The standard InChI is InChI=1S/C16H17Br2NO2/c1-20-15-4-3-12(9-13(15)17)10-21-16-5-2-11(6-7-19)8-14(16)18/h2-5,8-9H,6-7,10,19H2,1H3. The van der Waals surface area contributed by atoms with Gasteiger partial charge in [-0.1, -0.05) is 12.1 Å². The van der Waals surface area contributed by atoms with E-state index in [-0.39, 0.29) is 0 Å². The number of benzene rings is 2. The second kappa shape index (κ2) is 7.82. The van der Waals surface area contributed by atoms with Crippen LogP contribution in [-0.4, -0.2) is 13.7 Å². The molecule has 0 fully saturated rings. The smallest absolute Gasteiger partial charge is 0.134 e. The molecule has 112 valence electrons. The first-order chi connectivity index (χ1) is 10.1. The lowest BCUT2D eigenvalue weighted by atomic mass is 10.1. The van der Waals surface area contributed by atoms with Gasteiger partial charge >= 0.3 is 0 Å². The molecule has 0 saturated carbocycles. The zero-order chi connectivity index (χ0) is 15.2. The Hall–Kier alpha value is -1.04. The largest absolute Gasteiger partial charge is 0.496 e. The Bertz CT molecular complexity index is 617. The van der Waals surface area contributed by atoms with Gasteiger partial charge in [0.05, 0.1) is 16.1 Å². The van der Waals surface area contributed by atoms with E-state index in [9.17, 15) is 0 Å². The van der Waals surface area contributed by atoms with Crippen molar-refractivity contribution in [1.82, 2.24) is 0 Å². The van der Waals surface area contributed by atoms with E-state index in [2.05, 4.69) is 31.9 Å². The van der Waals surface area contributed by atoms with Gasteiger partial charge in [-0.3, -0.25) is 0 Å². The summed E-state index contributed by atoms with van der Waals surface area (Å²) >= 11 is 7.01. The third-order valence-corrected chi connectivity index (χ3v) is 4.28. The van der Waals surface area contributed by atoms with Crippen LogP contribution in [0.2, 0.25) is 0 Å². The second-order valence-electron chi connectivity index (χ2n) is 4.56. The summed E-state index contributed by atoms with van der Waals surface area (Å²) in [6.45, 7) is 1.14. The number of ether oxygens (including phenoxy) is 2. The molecule has 0 amide bonds. The molecule has 0 aliphatic rings. The van der Waals surface area contributed by atoms with Gasteiger partial charge in [-0.25, -0.2) is 0 Å². The minimum absolute atomic E-state index is 0.497. The molecule has 0 aromatic heterocycles. The number of rotatable bonds is 6. The van der Waals surface area contributed by atoms with Gasteiger partial charge in [0.1, 0.15) is 18.1 Å². The molecule has 0 aliphatic carbocycles. The van der Waals surface area contributed by atoms with Crippen molar-refractivity contribution in [3.05, 3.63) is 56.5 Å². The lowest BCUT2D eigenvalue weighted by Crippen LogP contribution is -2.03. The van der Waals surface area contributed by atoms with E-state index >= 15 is 0 Å². The maximum absolute atomic E-state index is 5.84. The van der Waals surface area contributed by atoms with E-state index in [4.69, 9.17) is 15.2 Å². The van der Waals surface area contributed by atoms with Crippen molar-refractivity contribution < 1.29 is 9.47 Å².